The zero-order chi connectivity index (χ0) is 22.1. The minimum absolute atomic E-state index is 0.146. The molecular formula is C19H19F3N6O2. The highest BCUT2D eigenvalue weighted by Crippen LogP contribution is 2.36. The van der Waals surface area contributed by atoms with Gasteiger partial charge < -0.3 is 21.1 Å². The number of alkyl halides is 3. The minimum atomic E-state index is -4.69. The first-order valence-electron chi connectivity index (χ1n) is 8.71. The van der Waals surface area contributed by atoms with Crippen LogP contribution in [0.2, 0.25) is 0 Å². The Hall–Kier alpha value is -3.76. The van der Waals surface area contributed by atoms with Gasteiger partial charge in [0.1, 0.15) is 11.4 Å². The average Bonchev–Trinajstić information content (AvgIpc) is 2.66. The molecule has 158 valence electrons. The van der Waals surface area contributed by atoms with Crippen LogP contribution in [0.15, 0.2) is 35.3 Å². The summed E-state index contributed by atoms with van der Waals surface area (Å²) in [4.78, 5) is 22.2. The van der Waals surface area contributed by atoms with Crippen molar-refractivity contribution in [2.24, 2.45) is 0 Å². The summed E-state index contributed by atoms with van der Waals surface area (Å²) in [5.41, 5.74) is 6.39. The van der Waals surface area contributed by atoms with E-state index in [1.54, 1.807) is 18.2 Å². The number of hydrogen-bond acceptors (Lipinski definition) is 7. The van der Waals surface area contributed by atoms with E-state index in [4.69, 9.17) is 10.5 Å². The molecule has 11 heteroatoms. The van der Waals surface area contributed by atoms with Gasteiger partial charge >= 0.3 is 6.18 Å². The average molecular weight is 420 g/mol. The minimum Gasteiger partial charge on any atom is -0.482 e. The predicted octanol–water partition coefficient (Wildman–Crippen LogP) is 3.88. The maximum atomic E-state index is 13.5. The number of anilines is 5. The highest BCUT2D eigenvalue weighted by molar-refractivity contribution is 5.73. The van der Waals surface area contributed by atoms with Gasteiger partial charge in [-0.2, -0.15) is 18.2 Å². The third kappa shape index (κ3) is 4.45. The molecule has 30 heavy (non-hydrogen) atoms. The summed E-state index contributed by atoms with van der Waals surface area (Å²) >= 11 is 0. The topological polar surface area (TPSA) is 118 Å². The summed E-state index contributed by atoms with van der Waals surface area (Å²) in [5, 5.41) is 5.38. The highest BCUT2D eigenvalue weighted by atomic mass is 19.4. The number of aryl methyl sites for hydroxylation is 1. The summed E-state index contributed by atoms with van der Waals surface area (Å²) in [6, 6.07) is 6.37. The van der Waals surface area contributed by atoms with Crippen LogP contribution in [0.4, 0.5) is 42.0 Å². The largest absolute Gasteiger partial charge is 0.482 e. The monoisotopic (exact) mass is 420 g/mol. The second kappa shape index (κ2) is 7.93. The zero-order valence-electron chi connectivity index (χ0n) is 16.3. The fraction of sp³-hybridized carbons (Fsp3) is 0.211. The lowest BCUT2D eigenvalue weighted by molar-refractivity contribution is -0.137. The van der Waals surface area contributed by atoms with Crippen molar-refractivity contribution in [1.82, 2.24) is 15.0 Å². The van der Waals surface area contributed by atoms with Crippen molar-refractivity contribution in [2.45, 2.75) is 20.0 Å². The molecule has 0 amide bonds. The van der Waals surface area contributed by atoms with Crippen molar-refractivity contribution in [3.05, 3.63) is 57.5 Å². The molecule has 0 aliphatic heterocycles. The van der Waals surface area contributed by atoms with Crippen LogP contribution in [0.1, 0.15) is 16.7 Å². The molecular weight excluding hydrogens is 401 g/mol. The Kier molecular flexibility index (Phi) is 5.54. The molecule has 0 bridgehead atoms. The van der Waals surface area contributed by atoms with Crippen molar-refractivity contribution < 1.29 is 17.9 Å². The number of hydrogen-bond donors (Lipinski definition) is 4. The molecule has 0 aliphatic carbocycles. The molecule has 0 saturated heterocycles. The van der Waals surface area contributed by atoms with E-state index in [9.17, 15) is 18.0 Å². The van der Waals surface area contributed by atoms with E-state index in [0.29, 0.717) is 6.20 Å². The number of halogens is 3. The lowest BCUT2D eigenvalue weighted by atomic mass is 10.2. The molecule has 0 atom stereocenters. The second-order valence-electron chi connectivity index (χ2n) is 6.50. The number of pyridine rings is 1. The summed E-state index contributed by atoms with van der Waals surface area (Å²) in [5.74, 6) is -0.456. The number of rotatable bonds is 5. The van der Waals surface area contributed by atoms with E-state index in [1.165, 1.54) is 20.1 Å². The van der Waals surface area contributed by atoms with Crippen LogP contribution in [0.25, 0.3) is 0 Å². The van der Waals surface area contributed by atoms with Crippen molar-refractivity contribution in [1.29, 1.82) is 0 Å². The number of H-pyrrole nitrogens is 1. The van der Waals surface area contributed by atoms with Gasteiger partial charge in [-0.15, -0.1) is 0 Å². The lowest BCUT2D eigenvalue weighted by Gasteiger charge is -2.16. The first-order chi connectivity index (χ1) is 14.1. The van der Waals surface area contributed by atoms with Gasteiger partial charge in [-0.1, -0.05) is 6.07 Å². The van der Waals surface area contributed by atoms with Crippen molar-refractivity contribution in [3.63, 3.8) is 0 Å². The van der Waals surface area contributed by atoms with Crippen molar-refractivity contribution in [3.8, 4) is 5.88 Å². The number of nitrogens with two attached hydrogens (primary N) is 1. The van der Waals surface area contributed by atoms with E-state index in [0.717, 1.165) is 5.56 Å². The third-order valence-electron chi connectivity index (χ3n) is 4.28. The highest BCUT2D eigenvalue weighted by Gasteiger charge is 2.35. The van der Waals surface area contributed by atoms with Crippen molar-refractivity contribution in [2.75, 3.05) is 23.5 Å². The Morgan fingerprint density at radius 1 is 1.13 bits per heavy atom. The number of nitrogen functional groups attached to an aromatic ring is 1. The molecule has 3 rings (SSSR count). The van der Waals surface area contributed by atoms with Crippen LogP contribution >= 0.6 is 0 Å². The first-order valence-corrected chi connectivity index (χ1v) is 8.71. The van der Waals surface area contributed by atoms with Gasteiger partial charge in [-0.25, -0.2) is 4.98 Å². The molecule has 2 aromatic heterocycles. The van der Waals surface area contributed by atoms with Crippen LogP contribution in [-0.4, -0.2) is 22.1 Å². The van der Waals surface area contributed by atoms with Gasteiger partial charge in [-0.3, -0.25) is 9.78 Å². The number of nitrogens with zero attached hydrogens (tertiary/aromatic N) is 2. The van der Waals surface area contributed by atoms with Gasteiger partial charge in [0.15, 0.2) is 5.88 Å². The Labute approximate surface area is 169 Å². The maximum absolute atomic E-state index is 13.5. The standard InChI is InChI=1S/C19H19F3N6O2/c1-9-4-5-13(12(23)6-9)25-16-11(19(20,21)22)8-24-18(28-16)26-14-7-15(30-3)27-17(29)10(14)2/h4-8H,23H2,1-3H3,(H3,24,25,26,27,28,29). The van der Waals surface area contributed by atoms with E-state index in [2.05, 4.69) is 25.6 Å². The quantitative estimate of drug-likeness (QED) is 0.463. The molecule has 1 aromatic carbocycles. The van der Waals surface area contributed by atoms with Crippen molar-refractivity contribution >= 4 is 28.8 Å². The number of aromatic nitrogens is 3. The van der Waals surface area contributed by atoms with E-state index < -0.39 is 23.1 Å². The van der Waals surface area contributed by atoms with E-state index in [1.807, 2.05) is 6.92 Å². The van der Waals surface area contributed by atoms with Gasteiger partial charge in [0, 0.05) is 17.8 Å². The summed E-state index contributed by atoms with van der Waals surface area (Å²) in [6.07, 6.45) is -4.04. The smallest absolute Gasteiger partial charge is 0.421 e. The Balaban J connectivity index is 2.03. The van der Waals surface area contributed by atoms with Gasteiger partial charge in [-0.05, 0) is 31.5 Å². The first kappa shape index (κ1) is 21.0. The predicted molar refractivity (Wildman–Crippen MR) is 108 cm³/mol. The van der Waals surface area contributed by atoms with Crippen LogP contribution < -0.4 is 26.7 Å². The molecule has 0 saturated carbocycles. The van der Waals surface area contributed by atoms with E-state index in [-0.39, 0.29) is 34.5 Å². The molecule has 2 heterocycles. The number of nitrogens with one attached hydrogen (secondary N) is 3. The number of aromatic amines is 1. The van der Waals surface area contributed by atoms with Crippen LogP contribution in [0.5, 0.6) is 5.88 Å². The van der Waals surface area contributed by atoms with Gasteiger partial charge in [0.25, 0.3) is 5.56 Å². The number of ether oxygens (including phenoxy) is 1. The lowest BCUT2D eigenvalue weighted by Crippen LogP contribution is -2.15. The maximum Gasteiger partial charge on any atom is 0.421 e. The molecule has 8 nitrogen and oxygen atoms in total. The summed E-state index contributed by atoms with van der Waals surface area (Å²) < 4.78 is 45.4. The SMILES string of the molecule is COc1cc(Nc2ncc(C(F)(F)F)c(Nc3ccc(C)cc3N)n2)c(C)c(=O)[nH]1. The zero-order valence-corrected chi connectivity index (χ0v) is 16.3. The van der Waals surface area contributed by atoms with Gasteiger partial charge in [0.2, 0.25) is 5.95 Å². The second-order valence-corrected chi connectivity index (χ2v) is 6.50. The fourth-order valence-corrected chi connectivity index (χ4v) is 2.63. The number of benzene rings is 1. The van der Waals surface area contributed by atoms with E-state index >= 15 is 0 Å². The Morgan fingerprint density at radius 2 is 1.87 bits per heavy atom. The van der Waals surface area contributed by atoms with Crippen LogP contribution in [0.3, 0.4) is 0 Å². The molecule has 0 radical (unpaired) electrons. The van der Waals surface area contributed by atoms with Gasteiger partial charge in [0.05, 0.1) is 24.2 Å². The molecule has 0 fully saturated rings. The summed E-state index contributed by atoms with van der Waals surface area (Å²) in [6.45, 7) is 3.35. The fourth-order valence-electron chi connectivity index (χ4n) is 2.63. The molecule has 3 aromatic rings. The molecule has 0 unspecified atom stereocenters. The Morgan fingerprint density at radius 3 is 2.50 bits per heavy atom. The normalized spacial score (nSPS) is 11.3. The Bertz CT molecular complexity index is 1140. The van der Waals surface area contributed by atoms with Crippen LogP contribution in [-0.2, 0) is 6.18 Å². The van der Waals surface area contributed by atoms with Crippen LogP contribution in [0, 0.1) is 13.8 Å². The molecule has 0 aliphatic rings. The molecule has 0 spiro atoms. The third-order valence-corrected chi connectivity index (χ3v) is 4.28. The number of methoxy groups -OCH3 is 1. The molecule has 5 N–H and O–H groups in total. The summed E-state index contributed by atoms with van der Waals surface area (Å²) in [7, 11) is 1.37.